The number of esters is 1. The third kappa shape index (κ3) is 2.68. The lowest BCUT2D eigenvalue weighted by molar-refractivity contribution is -0.132. The van der Waals surface area contributed by atoms with Crippen LogP contribution in [-0.2, 0) is 4.79 Å². The second-order valence-electron chi connectivity index (χ2n) is 3.47. The zero-order chi connectivity index (χ0) is 12.4. The molecule has 1 aromatic carbocycles. The fourth-order valence-electron chi connectivity index (χ4n) is 1.43. The van der Waals surface area contributed by atoms with E-state index in [4.69, 9.17) is 4.74 Å². The monoisotopic (exact) mass is 251 g/mol. The summed E-state index contributed by atoms with van der Waals surface area (Å²) in [5, 5.41) is 0.764. The molecule has 0 saturated heterocycles. The fourth-order valence-corrected chi connectivity index (χ4v) is 2.27. The summed E-state index contributed by atoms with van der Waals surface area (Å²) in [5.41, 5.74) is 0.659. The first-order chi connectivity index (χ1) is 8.06. The van der Waals surface area contributed by atoms with Gasteiger partial charge in [0.05, 0.1) is 9.88 Å². The van der Waals surface area contributed by atoms with Gasteiger partial charge in [0.15, 0.2) is 0 Å². The first kappa shape index (κ1) is 11.7. The van der Waals surface area contributed by atoms with Crippen LogP contribution in [0.1, 0.15) is 11.9 Å². The second kappa shape index (κ2) is 4.63. The van der Waals surface area contributed by atoms with Crippen molar-refractivity contribution in [2.24, 2.45) is 0 Å². The fraction of sp³-hybridized carbons (Fsp3) is 0.167. The van der Waals surface area contributed by atoms with Gasteiger partial charge in [-0.3, -0.25) is 4.79 Å². The molecule has 1 aromatic heterocycles. The predicted molar refractivity (Wildman–Crippen MR) is 63.6 cm³/mol. The van der Waals surface area contributed by atoms with Gasteiger partial charge < -0.3 is 4.74 Å². The number of nitrogens with zero attached hydrogens (tertiary/aromatic N) is 1. The molecule has 0 fully saturated rings. The second-order valence-corrected chi connectivity index (χ2v) is 4.67. The van der Waals surface area contributed by atoms with E-state index in [9.17, 15) is 9.18 Å². The number of carbonyl (C=O) groups is 1. The highest BCUT2D eigenvalue weighted by atomic mass is 32.1. The molecule has 0 aliphatic heterocycles. The minimum absolute atomic E-state index is 0.241. The number of carbonyl (C=O) groups excluding carboxylic acids is 1. The Hall–Kier alpha value is -1.75. The van der Waals surface area contributed by atoms with Crippen LogP contribution < -0.4 is 4.74 Å². The van der Waals surface area contributed by atoms with E-state index in [-0.39, 0.29) is 11.7 Å². The predicted octanol–water partition coefficient (Wildman–Crippen LogP) is 3.18. The summed E-state index contributed by atoms with van der Waals surface area (Å²) in [6, 6.07) is 6.11. The van der Waals surface area contributed by atoms with Crippen molar-refractivity contribution in [1.29, 1.82) is 0 Å². The summed E-state index contributed by atoms with van der Waals surface area (Å²) in [7, 11) is 0. The summed E-state index contributed by atoms with van der Waals surface area (Å²) in [6.07, 6.45) is 0. The lowest BCUT2D eigenvalue weighted by atomic mass is 10.2. The van der Waals surface area contributed by atoms with E-state index < -0.39 is 5.97 Å². The maximum absolute atomic E-state index is 13.1. The molecule has 0 saturated carbocycles. The van der Waals surface area contributed by atoms with E-state index in [0.717, 1.165) is 5.01 Å². The molecule has 0 aliphatic carbocycles. The van der Waals surface area contributed by atoms with Crippen LogP contribution in [0.2, 0.25) is 0 Å². The third-order valence-electron chi connectivity index (χ3n) is 2.03. The molecule has 2 rings (SSSR count). The topological polar surface area (TPSA) is 39.2 Å². The van der Waals surface area contributed by atoms with Crippen LogP contribution in [0.4, 0.5) is 4.39 Å². The lowest BCUT2D eigenvalue weighted by Crippen LogP contribution is -2.02. The van der Waals surface area contributed by atoms with Crippen LogP contribution in [0.25, 0.3) is 10.4 Å². The van der Waals surface area contributed by atoms with Crippen LogP contribution in [0.15, 0.2) is 24.3 Å². The van der Waals surface area contributed by atoms with Gasteiger partial charge in [0.1, 0.15) is 5.82 Å². The van der Waals surface area contributed by atoms with Gasteiger partial charge in [0.25, 0.3) is 0 Å². The summed E-state index contributed by atoms with van der Waals surface area (Å²) in [5.74, 6) is -0.527. The molecule has 5 heteroatoms. The van der Waals surface area contributed by atoms with Crippen molar-refractivity contribution < 1.29 is 13.9 Å². The standard InChI is InChI=1S/C12H10FNO2S/c1-7-14-12(16-8(2)15)11(17-7)9-4-3-5-10(13)6-9/h3-6H,1-2H3. The van der Waals surface area contributed by atoms with Crippen molar-refractivity contribution in [3.8, 4) is 16.3 Å². The van der Waals surface area contributed by atoms with Crippen LogP contribution >= 0.6 is 11.3 Å². The number of rotatable bonds is 2. The van der Waals surface area contributed by atoms with Gasteiger partial charge in [-0.15, -0.1) is 11.3 Å². The van der Waals surface area contributed by atoms with Gasteiger partial charge >= 0.3 is 5.97 Å². The van der Waals surface area contributed by atoms with Gasteiger partial charge in [0.2, 0.25) is 5.88 Å². The Morgan fingerprint density at radius 1 is 1.47 bits per heavy atom. The number of aromatic nitrogens is 1. The van der Waals surface area contributed by atoms with Crippen molar-refractivity contribution in [3.63, 3.8) is 0 Å². The Morgan fingerprint density at radius 2 is 2.24 bits per heavy atom. The minimum atomic E-state index is -0.437. The zero-order valence-corrected chi connectivity index (χ0v) is 10.2. The summed E-state index contributed by atoms with van der Waals surface area (Å²) in [6.45, 7) is 3.12. The molecule has 2 aromatic rings. The third-order valence-corrected chi connectivity index (χ3v) is 3.03. The zero-order valence-electron chi connectivity index (χ0n) is 9.36. The van der Waals surface area contributed by atoms with Gasteiger partial charge in [-0.2, -0.15) is 0 Å². The summed E-state index contributed by atoms with van der Waals surface area (Å²) < 4.78 is 18.1. The molecular formula is C12H10FNO2S. The van der Waals surface area contributed by atoms with Gasteiger partial charge in [0, 0.05) is 12.5 Å². The van der Waals surface area contributed by atoms with E-state index in [1.807, 2.05) is 0 Å². The van der Waals surface area contributed by atoms with E-state index >= 15 is 0 Å². The average Bonchev–Trinajstić information content (AvgIpc) is 2.58. The number of ether oxygens (including phenoxy) is 1. The van der Waals surface area contributed by atoms with Crippen molar-refractivity contribution >= 4 is 17.3 Å². The average molecular weight is 251 g/mol. The maximum Gasteiger partial charge on any atom is 0.309 e. The van der Waals surface area contributed by atoms with Crippen LogP contribution in [0, 0.1) is 12.7 Å². The Bertz CT molecular complexity index is 565. The molecule has 88 valence electrons. The number of hydrogen-bond donors (Lipinski definition) is 0. The van der Waals surface area contributed by atoms with Crippen molar-refractivity contribution in [3.05, 3.63) is 35.1 Å². The normalized spacial score (nSPS) is 10.3. The molecule has 0 bridgehead atoms. The first-order valence-electron chi connectivity index (χ1n) is 4.98. The number of benzene rings is 1. The van der Waals surface area contributed by atoms with Crippen LogP contribution in [0.3, 0.4) is 0 Å². The highest BCUT2D eigenvalue weighted by Gasteiger charge is 2.14. The van der Waals surface area contributed by atoms with Gasteiger partial charge in [-0.05, 0) is 19.1 Å². The molecule has 0 aliphatic rings. The molecule has 0 spiro atoms. The van der Waals surface area contributed by atoms with Crippen molar-refractivity contribution in [1.82, 2.24) is 4.98 Å². The molecule has 0 unspecified atom stereocenters. The molecule has 0 radical (unpaired) electrons. The summed E-state index contributed by atoms with van der Waals surface area (Å²) >= 11 is 1.36. The molecule has 0 amide bonds. The Labute approximate surface area is 102 Å². The minimum Gasteiger partial charge on any atom is -0.406 e. The van der Waals surface area contributed by atoms with Gasteiger partial charge in [-0.25, -0.2) is 9.37 Å². The number of halogens is 1. The summed E-state index contributed by atoms with van der Waals surface area (Å²) in [4.78, 5) is 15.7. The van der Waals surface area contributed by atoms with E-state index in [1.165, 1.54) is 30.4 Å². The van der Waals surface area contributed by atoms with Crippen LogP contribution in [-0.4, -0.2) is 11.0 Å². The highest BCUT2D eigenvalue weighted by Crippen LogP contribution is 2.35. The van der Waals surface area contributed by atoms with Crippen LogP contribution in [0.5, 0.6) is 5.88 Å². The first-order valence-corrected chi connectivity index (χ1v) is 5.79. The number of thiazole rings is 1. The molecule has 0 N–H and O–H groups in total. The molecular weight excluding hydrogens is 241 g/mol. The smallest absolute Gasteiger partial charge is 0.309 e. The number of aryl methyl sites for hydroxylation is 1. The molecule has 3 nitrogen and oxygen atoms in total. The van der Waals surface area contributed by atoms with Gasteiger partial charge in [-0.1, -0.05) is 12.1 Å². The Morgan fingerprint density at radius 3 is 2.88 bits per heavy atom. The van der Waals surface area contributed by atoms with Crippen molar-refractivity contribution in [2.75, 3.05) is 0 Å². The van der Waals surface area contributed by atoms with E-state index in [0.29, 0.717) is 10.4 Å². The quantitative estimate of drug-likeness (QED) is 0.769. The molecule has 17 heavy (non-hydrogen) atoms. The Kier molecular flexibility index (Phi) is 3.19. The largest absolute Gasteiger partial charge is 0.406 e. The van der Waals surface area contributed by atoms with Crippen molar-refractivity contribution in [2.45, 2.75) is 13.8 Å². The SMILES string of the molecule is CC(=O)Oc1nc(C)sc1-c1cccc(F)c1. The lowest BCUT2D eigenvalue weighted by Gasteiger charge is -2.01. The molecule has 0 atom stereocenters. The van der Waals surface area contributed by atoms with E-state index in [1.54, 1.807) is 19.1 Å². The maximum atomic E-state index is 13.1. The molecule has 1 heterocycles. The highest BCUT2D eigenvalue weighted by molar-refractivity contribution is 7.15. The number of hydrogen-bond acceptors (Lipinski definition) is 4. The Balaban J connectivity index is 2.47. The van der Waals surface area contributed by atoms with E-state index in [2.05, 4.69) is 4.98 Å².